The SMILES string of the molecule is COc1ccc(-c2cncn2CC(=O)O)cc1OC. The molecule has 1 heterocycles. The number of rotatable bonds is 5. The van der Waals surface area contributed by atoms with Gasteiger partial charge in [-0.1, -0.05) is 0 Å². The van der Waals surface area contributed by atoms with Crippen LogP contribution in [0.1, 0.15) is 0 Å². The Balaban J connectivity index is 2.42. The van der Waals surface area contributed by atoms with Crippen molar-refractivity contribution in [2.45, 2.75) is 6.54 Å². The minimum atomic E-state index is -0.917. The summed E-state index contributed by atoms with van der Waals surface area (Å²) in [6, 6.07) is 5.39. The Morgan fingerprint density at radius 2 is 2.05 bits per heavy atom. The van der Waals surface area contributed by atoms with E-state index in [-0.39, 0.29) is 6.54 Å². The van der Waals surface area contributed by atoms with Crippen LogP contribution in [-0.2, 0) is 11.3 Å². The number of nitrogens with zero attached hydrogens (tertiary/aromatic N) is 2. The number of aromatic nitrogens is 2. The van der Waals surface area contributed by atoms with E-state index in [0.717, 1.165) is 5.56 Å². The summed E-state index contributed by atoms with van der Waals surface area (Å²) in [5, 5.41) is 8.85. The Morgan fingerprint density at radius 3 is 2.68 bits per heavy atom. The van der Waals surface area contributed by atoms with Gasteiger partial charge in [0.1, 0.15) is 6.54 Å². The summed E-state index contributed by atoms with van der Waals surface area (Å²) in [5.74, 6) is 0.290. The molecule has 0 spiro atoms. The monoisotopic (exact) mass is 262 g/mol. The van der Waals surface area contributed by atoms with Crippen LogP contribution in [-0.4, -0.2) is 34.8 Å². The Morgan fingerprint density at radius 1 is 1.32 bits per heavy atom. The van der Waals surface area contributed by atoms with E-state index in [4.69, 9.17) is 14.6 Å². The zero-order chi connectivity index (χ0) is 13.8. The van der Waals surface area contributed by atoms with E-state index in [0.29, 0.717) is 17.2 Å². The average Bonchev–Trinajstić information content (AvgIpc) is 2.85. The molecule has 0 aliphatic carbocycles. The maximum Gasteiger partial charge on any atom is 0.323 e. The third-order valence-corrected chi connectivity index (χ3v) is 2.70. The normalized spacial score (nSPS) is 10.2. The predicted octanol–water partition coefficient (Wildman–Crippen LogP) is 1.65. The lowest BCUT2D eigenvalue weighted by Crippen LogP contribution is -2.08. The smallest absolute Gasteiger partial charge is 0.323 e. The summed E-state index contributed by atoms with van der Waals surface area (Å²) in [6.45, 7) is -0.135. The van der Waals surface area contributed by atoms with E-state index in [2.05, 4.69) is 4.98 Å². The maximum atomic E-state index is 10.8. The van der Waals surface area contributed by atoms with Crippen LogP contribution < -0.4 is 9.47 Å². The molecule has 2 aromatic rings. The molecule has 0 amide bonds. The van der Waals surface area contributed by atoms with Crippen LogP contribution in [0.25, 0.3) is 11.3 Å². The van der Waals surface area contributed by atoms with Crippen molar-refractivity contribution in [3.8, 4) is 22.8 Å². The first kappa shape index (κ1) is 12.9. The predicted molar refractivity (Wildman–Crippen MR) is 68.4 cm³/mol. The molecule has 0 bridgehead atoms. The minimum absolute atomic E-state index is 0.135. The second kappa shape index (κ2) is 5.43. The van der Waals surface area contributed by atoms with Gasteiger partial charge < -0.3 is 19.1 Å². The topological polar surface area (TPSA) is 73.6 Å². The quantitative estimate of drug-likeness (QED) is 0.886. The molecule has 2 rings (SSSR count). The first-order valence-corrected chi connectivity index (χ1v) is 5.60. The number of imidazole rings is 1. The zero-order valence-electron chi connectivity index (χ0n) is 10.7. The van der Waals surface area contributed by atoms with Gasteiger partial charge in [-0.05, 0) is 18.2 Å². The number of carboxylic acid groups (broad SMARTS) is 1. The molecule has 19 heavy (non-hydrogen) atoms. The zero-order valence-corrected chi connectivity index (χ0v) is 10.7. The highest BCUT2D eigenvalue weighted by Crippen LogP contribution is 2.32. The fourth-order valence-electron chi connectivity index (χ4n) is 1.83. The summed E-state index contributed by atoms with van der Waals surface area (Å²) in [7, 11) is 3.11. The van der Waals surface area contributed by atoms with Crippen molar-refractivity contribution in [3.63, 3.8) is 0 Å². The van der Waals surface area contributed by atoms with Gasteiger partial charge in [-0.25, -0.2) is 4.98 Å². The molecule has 6 nitrogen and oxygen atoms in total. The number of ether oxygens (including phenoxy) is 2. The Bertz CT molecular complexity index is 592. The summed E-state index contributed by atoms with van der Waals surface area (Å²) >= 11 is 0. The largest absolute Gasteiger partial charge is 0.493 e. The lowest BCUT2D eigenvalue weighted by atomic mass is 10.1. The van der Waals surface area contributed by atoms with Crippen LogP contribution in [0, 0.1) is 0 Å². The van der Waals surface area contributed by atoms with Crippen molar-refractivity contribution in [2.75, 3.05) is 14.2 Å². The van der Waals surface area contributed by atoms with E-state index in [9.17, 15) is 4.79 Å². The molecule has 0 radical (unpaired) electrons. The Kier molecular flexibility index (Phi) is 3.70. The summed E-state index contributed by atoms with van der Waals surface area (Å²) in [5.41, 5.74) is 1.53. The second-order valence-corrected chi connectivity index (χ2v) is 3.87. The molecule has 100 valence electrons. The van der Waals surface area contributed by atoms with Gasteiger partial charge in [0.15, 0.2) is 11.5 Å². The molecule has 1 aromatic heterocycles. The van der Waals surface area contributed by atoms with E-state index < -0.39 is 5.97 Å². The van der Waals surface area contributed by atoms with Crippen molar-refractivity contribution in [2.24, 2.45) is 0 Å². The Hall–Kier alpha value is -2.50. The van der Waals surface area contributed by atoms with Crippen molar-refractivity contribution >= 4 is 5.97 Å². The molecule has 0 fully saturated rings. The molecule has 1 N–H and O–H groups in total. The molecule has 0 unspecified atom stereocenters. The summed E-state index contributed by atoms with van der Waals surface area (Å²) in [6.07, 6.45) is 3.10. The van der Waals surface area contributed by atoms with Crippen LogP contribution in [0.3, 0.4) is 0 Å². The van der Waals surface area contributed by atoms with Crippen LogP contribution in [0.2, 0.25) is 0 Å². The molecule has 0 aliphatic heterocycles. The molecule has 0 saturated carbocycles. The molecule has 0 aliphatic rings. The maximum absolute atomic E-state index is 10.8. The van der Waals surface area contributed by atoms with Crippen molar-refractivity contribution in [1.29, 1.82) is 0 Å². The molecule has 1 aromatic carbocycles. The molecular weight excluding hydrogens is 248 g/mol. The van der Waals surface area contributed by atoms with Gasteiger partial charge in [0.2, 0.25) is 0 Å². The molecule has 0 atom stereocenters. The molecule has 6 heteroatoms. The Labute approximate surface area is 110 Å². The third kappa shape index (κ3) is 2.67. The van der Waals surface area contributed by atoms with Gasteiger partial charge in [-0.15, -0.1) is 0 Å². The number of hydrogen-bond acceptors (Lipinski definition) is 4. The van der Waals surface area contributed by atoms with Crippen molar-refractivity contribution < 1.29 is 19.4 Å². The summed E-state index contributed by atoms with van der Waals surface area (Å²) < 4.78 is 11.9. The van der Waals surface area contributed by atoms with Gasteiger partial charge in [0.25, 0.3) is 0 Å². The lowest BCUT2D eigenvalue weighted by Gasteiger charge is -2.10. The minimum Gasteiger partial charge on any atom is -0.493 e. The van der Waals surface area contributed by atoms with Gasteiger partial charge in [-0.2, -0.15) is 0 Å². The lowest BCUT2D eigenvalue weighted by molar-refractivity contribution is -0.137. The standard InChI is InChI=1S/C13H14N2O4/c1-18-11-4-3-9(5-12(11)19-2)10-6-14-8-15(10)7-13(16)17/h3-6,8H,7H2,1-2H3,(H,16,17). The first-order valence-electron chi connectivity index (χ1n) is 5.60. The second-order valence-electron chi connectivity index (χ2n) is 3.87. The number of hydrogen-bond donors (Lipinski definition) is 1. The highest BCUT2D eigenvalue weighted by molar-refractivity contribution is 5.69. The number of carboxylic acids is 1. The molecule has 0 saturated heterocycles. The van der Waals surface area contributed by atoms with E-state index in [1.807, 2.05) is 6.07 Å². The van der Waals surface area contributed by atoms with Crippen molar-refractivity contribution in [3.05, 3.63) is 30.7 Å². The van der Waals surface area contributed by atoms with Crippen LogP contribution >= 0.6 is 0 Å². The van der Waals surface area contributed by atoms with Crippen molar-refractivity contribution in [1.82, 2.24) is 9.55 Å². The highest BCUT2D eigenvalue weighted by Gasteiger charge is 2.11. The van der Waals surface area contributed by atoms with Gasteiger partial charge in [0, 0.05) is 5.56 Å². The summed E-state index contributed by atoms with van der Waals surface area (Å²) in [4.78, 5) is 14.8. The van der Waals surface area contributed by atoms with Crippen LogP contribution in [0.5, 0.6) is 11.5 Å². The van der Waals surface area contributed by atoms with Gasteiger partial charge >= 0.3 is 5.97 Å². The number of carbonyl (C=O) groups is 1. The number of aliphatic carboxylic acids is 1. The van der Waals surface area contributed by atoms with Gasteiger partial charge in [-0.3, -0.25) is 4.79 Å². The third-order valence-electron chi connectivity index (χ3n) is 2.70. The van der Waals surface area contributed by atoms with Crippen LogP contribution in [0.4, 0.5) is 0 Å². The number of benzene rings is 1. The highest BCUT2D eigenvalue weighted by atomic mass is 16.5. The fraction of sp³-hybridized carbons (Fsp3) is 0.231. The number of methoxy groups -OCH3 is 2. The van der Waals surface area contributed by atoms with E-state index >= 15 is 0 Å². The van der Waals surface area contributed by atoms with Crippen LogP contribution in [0.15, 0.2) is 30.7 Å². The van der Waals surface area contributed by atoms with E-state index in [1.54, 1.807) is 37.1 Å². The molecular formula is C13H14N2O4. The van der Waals surface area contributed by atoms with E-state index in [1.165, 1.54) is 6.33 Å². The fourth-order valence-corrected chi connectivity index (χ4v) is 1.83. The first-order chi connectivity index (χ1) is 9.15. The average molecular weight is 262 g/mol. The van der Waals surface area contributed by atoms with Gasteiger partial charge in [0.05, 0.1) is 32.4 Å².